The lowest BCUT2D eigenvalue weighted by atomic mass is 9.84. The molecule has 0 radical (unpaired) electrons. The second-order valence-corrected chi connectivity index (χ2v) is 10.2. The Kier molecular flexibility index (Phi) is 7.96. The first-order chi connectivity index (χ1) is 16.9. The maximum absolute atomic E-state index is 13.2. The molecule has 5 nitrogen and oxygen atoms in total. The summed E-state index contributed by atoms with van der Waals surface area (Å²) in [6, 6.07) is 14.5. The Morgan fingerprint density at radius 2 is 1.71 bits per heavy atom. The van der Waals surface area contributed by atoms with Gasteiger partial charge in [-0.2, -0.15) is 0 Å². The van der Waals surface area contributed by atoms with E-state index in [0.717, 1.165) is 35.4 Å². The molecule has 35 heavy (non-hydrogen) atoms. The van der Waals surface area contributed by atoms with Crippen molar-refractivity contribution in [1.82, 2.24) is 15.2 Å². The van der Waals surface area contributed by atoms with Gasteiger partial charge in [0.2, 0.25) is 5.91 Å². The Morgan fingerprint density at radius 1 is 1.09 bits per heavy atom. The normalized spacial score (nSPS) is 15.1. The van der Waals surface area contributed by atoms with Crippen molar-refractivity contribution in [3.8, 4) is 10.6 Å². The molecule has 1 saturated heterocycles. The van der Waals surface area contributed by atoms with Gasteiger partial charge in [-0.1, -0.05) is 38.1 Å². The van der Waals surface area contributed by atoms with Crippen LogP contribution in [0.1, 0.15) is 53.2 Å². The minimum Gasteiger partial charge on any atom is -0.352 e. The van der Waals surface area contributed by atoms with Gasteiger partial charge in [0.15, 0.2) is 0 Å². The van der Waals surface area contributed by atoms with Crippen LogP contribution in [0.2, 0.25) is 0 Å². The Balaban J connectivity index is 1.30. The third-order valence-electron chi connectivity index (χ3n) is 6.93. The summed E-state index contributed by atoms with van der Waals surface area (Å²) in [5.74, 6) is -0.0954. The third-order valence-corrected chi connectivity index (χ3v) is 8.12. The molecule has 1 N–H and O–H groups in total. The van der Waals surface area contributed by atoms with Crippen LogP contribution in [0.4, 0.5) is 4.39 Å². The number of hydrogen-bond acceptors (Lipinski definition) is 4. The van der Waals surface area contributed by atoms with E-state index in [1.54, 1.807) is 12.1 Å². The van der Waals surface area contributed by atoms with Gasteiger partial charge in [0.05, 0.1) is 5.69 Å². The first kappa shape index (κ1) is 25.0. The van der Waals surface area contributed by atoms with Crippen molar-refractivity contribution in [1.29, 1.82) is 0 Å². The monoisotopic (exact) mass is 493 g/mol. The Labute approximate surface area is 210 Å². The topological polar surface area (TPSA) is 62.3 Å². The van der Waals surface area contributed by atoms with Crippen LogP contribution in [0.15, 0.2) is 48.5 Å². The van der Waals surface area contributed by atoms with E-state index < -0.39 is 0 Å². The molecule has 184 valence electrons. The number of aryl methyl sites for hydroxylation is 2. The molecule has 0 bridgehead atoms. The number of nitrogens with zero attached hydrogens (tertiary/aromatic N) is 2. The number of aromatic nitrogens is 1. The van der Waals surface area contributed by atoms with E-state index in [1.807, 2.05) is 18.7 Å². The van der Waals surface area contributed by atoms with E-state index in [1.165, 1.54) is 29.0 Å². The Morgan fingerprint density at radius 3 is 2.34 bits per heavy atom. The number of amides is 2. The summed E-state index contributed by atoms with van der Waals surface area (Å²) >= 11 is 1.35. The highest BCUT2D eigenvalue weighted by molar-refractivity contribution is 7.17. The van der Waals surface area contributed by atoms with E-state index in [2.05, 4.69) is 41.5 Å². The standard InChI is InChI=1S/C28H32FN3O2S/c1-4-20-5-7-21(8-6-20)17-30-26(33)18(2)22-13-15-32(16-14-22)28(34)25-19(3)31-27(35-25)23-9-11-24(29)12-10-23/h5-12,18,22H,4,13-17H2,1-3H3,(H,30,33)/t18-/m1/s1. The minimum atomic E-state index is -0.297. The van der Waals surface area contributed by atoms with Gasteiger partial charge in [-0.3, -0.25) is 9.59 Å². The molecule has 4 rings (SSSR count). The summed E-state index contributed by atoms with van der Waals surface area (Å²) in [7, 11) is 0. The predicted octanol–water partition coefficient (Wildman–Crippen LogP) is 5.62. The fourth-order valence-electron chi connectivity index (χ4n) is 4.51. The van der Waals surface area contributed by atoms with E-state index in [-0.39, 0.29) is 29.5 Å². The van der Waals surface area contributed by atoms with Crippen LogP contribution < -0.4 is 5.32 Å². The van der Waals surface area contributed by atoms with E-state index in [0.29, 0.717) is 30.2 Å². The fraction of sp³-hybridized carbons (Fsp3) is 0.393. The van der Waals surface area contributed by atoms with Gasteiger partial charge >= 0.3 is 0 Å². The largest absolute Gasteiger partial charge is 0.352 e. The second kappa shape index (κ2) is 11.1. The lowest BCUT2D eigenvalue weighted by Crippen LogP contribution is -2.42. The number of halogens is 1. The molecule has 1 aromatic heterocycles. The second-order valence-electron chi connectivity index (χ2n) is 9.25. The molecule has 0 saturated carbocycles. The third kappa shape index (κ3) is 5.96. The number of carbonyl (C=O) groups is 2. The van der Waals surface area contributed by atoms with Crippen LogP contribution in [0, 0.1) is 24.6 Å². The van der Waals surface area contributed by atoms with Crippen LogP contribution in [-0.2, 0) is 17.8 Å². The summed E-state index contributed by atoms with van der Waals surface area (Å²) in [6.45, 7) is 7.74. The number of carbonyl (C=O) groups excluding carboxylic acids is 2. The molecule has 0 spiro atoms. The summed E-state index contributed by atoms with van der Waals surface area (Å²) in [4.78, 5) is 33.0. The molecule has 0 unspecified atom stereocenters. The highest BCUT2D eigenvalue weighted by Gasteiger charge is 2.31. The quantitative estimate of drug-likeness (QED) is 0.464. The molecule has 1 atom stereocenters. The van der Waals surface area contributed by atoms with Crippen molar-refractivity contribution in [2.45, 2.75) is 46.6 Å². The lowest BCUT2D eigenvalue weighted by Gasteiger charge is -2.34. The molecule has 1 aliphatic rings. The number of likely N-dealkylation sites (tertiary alicyclic amines) is 1. The average Bonchev–Trinajstić information content (AvgIpc) is 3.28. The molecule has 1 aliphatic heterocycles. The molecule has 2 heterocycles. The van der Waals surface area contributed by atoms with Gasteiger partial charge < -0.3 is 10.2 Å². The van der Waals surface area contributed by atoms with Gasteiger partial charge in [0.25, 0.3) is 5.91 Å². The Bertz CT molecular complexity index is 1170. The molecular formula is C28H32FN3O2S. The van der Waals surface area contributed by atoms with Crippen LogP contribution >= 0.6 is 11.3 Å². The van der Waals surface area contributed by atoms with Crippen molar-refractivity contribution < 1.29 is 14.0 Å². The maximum Gasteiger partial charge on any atom is 0.265 e. The van der Waals surface area contributed by atoms with Crippen LogP contribution in [0.5, 0.6) is 0 Å². The smallest absolute Gasteiger partial charge is 0.265 e. The molecular weight excluding hydrogens is 461 g/mol. The van der Waals surface area contributed by atoms with Gasteiger partial charge in [-0.15, -0.1) is 11.3 Å². The molecule has 2 aromatic carbocycles. The number of nitrogens with one attached hydrogen (secondary N) is 1. The molecule has 3 aromatic rings. The SMILES string of the molecule is CCc1ccc(CNC(=O)[C@H](C)C2CCN(C(=O)c3sc(-c4ccc(F)cc4)nc3C)CC2)cc1. The van der Waals surface area contributed by atoms with Crippen LogP contribution in [0.3, 0.4) is 0 Å². The fourth-order valence-corrected chi connectivity index (χ4v) is 5.55. The summed E-state index contributed by atoms with van der Waals surface area (Å²) in [6.07, 6.45) is 2.60. The van der Waals surface area contributed by atoms with Gasteiger partial charge in [-0.25, -0.2) is 9.37 Å². The van der Waals surface area contributed by atoms with Gasteiger partial charge in [-0.05, 0) is 67.5 Å². The van der Waals surface area contributed by atoms with E-state index in [4.69, 9.17) is 0 Å². The van der Waals surface area contributed by atoms with Gasteiger partial charge in [0.1, 0.15) is 15.7 Å². The molecule has 1 fully saturated rings. The lowest BCUT2D eigenvalue weighted by molar-refractivity contribution is -0.126. The summed E-state index contributed by atoms with van der Waals surface area (Å²) < 4.78 is 13.2. The van der Waals surface area contributed by atoms with E-state index in [9.17, 15) is 14.0 Å². The minimum absolute atomic E-state index is 0.0144. The zero-order valence-corrected chi connectivity index (χ0v) is 21.3. The van der Waals surface area contributed by atoms with Gasteiger partial charge in [0, 0.05) is 31.1 Å². The highest BCUT2D eigenvalue weighted by Crippen LogP contribution is 2.31. The number of rotatable bonds is 7. The predicted molar refractivity (Wildman–Crippen MR) is 138 cm³/mol. The number of piperidine rings is 1. The highest BCUT2D eigenvalue weighted by atomic mass is 32.1. The number of thiazole rings is 1. The van der Waals surface area contributed by atoms with Crippen LogP contribution in [0.25, 0.3) is 10.6 Å². The Hall–Kier alpha value is -3.06. The van der Waals surface area contributed by atoms with Crippen molar-refractivity contribution in [2.24, 2.45) is 11.8 Å². The number of hydrogen-bond donors (Lipinski definition) is 1. The summed E-state index contributed by atoms with van der Waals surface area (Å²) in [5, 5.41) is 3.79. The van der Waals surface area contributed by atoms with Crippen molar-refractivity contribution in [3.63, 3.8) is 0 Å². The first-order valence-corrected chi connectivity index (χ1v) is 13.1. The van der Waals surface area contributed by atoms with Crippen LogP contribution in [-0.4, -0.2) is 34.8 Å². The molecule has 2 amide bonds. The van der Waals surface area contributed by atoms with Crippen molar-refractivity contribution in [3.05, 3.63) is 76.0 Å². The van der Waals surface area contributed by atoms with Crippen molar-refractivity contribution >= 4 is 23.2 Å². The maximum atomic E-state index is 13.2. The summed E-state index contributed by atoms with van der Waals surface area (Å²) in [5.41, 5.74) is 3.89. The van der Waals surface area contributed by atoms with E-state index >= 15 is 0 Å². The number of benzene rings is 2. The first-order valence-electron chi connectivity index (χ1n) is 12.2. The zero-order chi connectivity index (χ0) is 24.9. The zero-order valence-electron chi connectivity index (χ0n) is 20.5. The molecule has 7 heteroatoms. The molecule has 0 aliphatic carbocycles. The van der Waals surface area contributed by atoms with Crippen molar-refractivity contribution in [2.75, 3.05) is 13.1 Å². The average molecular weight is 494 g/mol.